The summed E-state index contributed by atoms with van der Waals surface area (Å²) in [5.74, 6) is -0.231. The van der Waals surface area contributed by atoms with E-state index in [4.69, 9.17) is 21.3 Å². The quantitative estimate of drug-likeness (QED) is 0.0707. The Hall–Kier alpha value is -7.07. The lowest BCUT2D eigenvalue weighted by Crippen LogP contribution is -2.54. The number of halogens is 1. The van der Waals surface area contributed by atoms with E-state index < -0.39 is 36.8 Å². The van der Waals surface area contributed by atoms with Crippen molar-refractivity contribution in [1.82, 2.24) is 34.9 Å². The van der Waals surface area contributed by atoms with E-state index in [-0.39, 0.29) is 18.4 Å². The number of anilines is 6. The number of piperazine rings is 1. The molecule has 19 heteroatoms. The average Bonchev–Trinajstić information content (AvgIpc) is 3.97. The minimum atomic E-state index is -2.75. The number of methoxy groups -OCH3 is 1. The Labute approximate surface area is 423 Å². The normalized spacial score (nSPS) is 17.8. The molecule has 10 rings (SSSR count). The van der Waals surface area contributed by atoms with E-state index in [1.54, 1.807) is 32.6 Å². The highest BCUT2D eigenvalue weighted by Gasteiger charge is 2.45. The van der Waals surface area contributed by atoms with Crippen LogP contribution in [0.4, 0.5) is 34.5 Å². The van der Waals surface area contributed by atoms with E-state index >= 15 is 0 Å². The van der Waals surface area contributed by atoms with Crippen LogP contribution >= 0.6 is 18.7 Å². The fraction of sp³-hybridized carbons (Fsp3) is 0.340. The molecule has 3 saturated heterocycles. The highest BCUT2D eigenvalue weighted by atomic mass is 35.5. The number of imide groups is 2. The van der Waals surface area contributed by atoms with Gasteiger partial charge in [0.15, 0.2) is 5.82 Å². The molecule has 4 aliphatic rings. The number of fused-ring (bicyclic) bond motifs is 1. The third-order valence-electron chi connectivity index (χ3n) is 14.1. The summed E-state index contributed by atoms with van der Waals surface area (Å²) in [6.07, 6.45) is 7.71. The number of ether oxygens (including phenoxy) is 1. The van der Waals surface area contributed by atoms with Gasteiger partial charge in [0.1, 0.15) is 24.0 Å². The maximum Gasteiger partial charge on any atom is 0.262 e. The predicted octanol–water partition coefficient (Wildman–Crippen LogP) is 7.86. The smallest absolute Gasteiger partial charge is 0.262 e. The van der Waals surface area contributed by atoms with Crippen molar-refractivity contribution in [2.24, 2.45) is 5.92 Å². The predicted molar refractivity (Wildman–Crippen MR) is 281 cm³/mol. The van der Waals surface area contributed by atoms with Crippen molar-refractivity contribution in [2.45, 2.75) is 45.2 Å². The first kappa shape index (κ1) is 48.6. The number of aryl methyl sites for hydroxylation is 1. The Morgan fingerprint density at radius 3 is 2.25 bits per heavy atom. The Balaban J connectivity index is 0.805. The zero-order chi connectivity index (χ0) is 50.3. The lowest BCUT2D eigenvalue weighted by molar-refractivity contribution is -0.136. The van der Waals surface area contributed by atoms with Gasteiger partial charge in [-0.2, -0.15) is 10.1 Å². The maximum atomic E-state index is 13.6. The summed E-state index contributed by atoms with van der Waals surface area (Å²) in [7, 11) is -1.10. The number of rotatable bonds is 14. The molecule has 0 aliphatic carbocycles. The molecular weight excluding hydrogens is 953 g/mol. The number of hydrogen-bond acceptors (Lipinski definition) is 14. The van der Waals surface area contributed by atoms with E-state index in [1.165, 1.54) is 6.20 Å². The summed E-state index contributed by atoms with van der Waals surface area (Å²) in [6.45, 7) is 12.3. The second-order valence-corrected chi connectivity index (χ2v) is 22.7. The molecule has 0 saturated carbocycles. The Morgan fingerprint density at radius 2 is 1.54 bits per heavy atom. The minimum Gasteiger partial charge on any atom is -0.494 e. The summed E-state index contributed by atoms with van der Waals surface area (Å²) in [5, 5.41) is 14.6. The summed E-state index contributed by atoms with van der Waals surface area (Å²) >= 11 is 6.71. The van der Waals surface area contributed by atoms with Gasteiger partial charge in [0.05, 0.1) is 42.0 Å². The van der Waals surface area contributed by atoms with Gasteiger partial charge >= 0.3 is 0 Å². The molecule has 0 radical (unpaired) electrons. The van der Waals surface area contributed by atoms with Gasteiger partial charge in [0.25, 0.3) is 11.8 Å². The van der Waals surface area contributed by atoms with Crippen LogP contribution in [0.5, 0.6) is 5.75 Å². The van der Waals surface area contributed by atoms with Crippen LogP contribution in [-0.4, -0.2) is 125 Å². The van der Waals surface area contributed by atoms with Gasteiger partial charge < -0.3 is 29.7 Å². The maximum absolute atomic E-state index is 13.6. The molecule has 4 aromatic carbocycles. The van der Waals surface area contributed by atoms with Crippen molar-refractivity contribution >= 4 is 82.2 Å². The highest BCUT2D eigenvalue weighted by molar-refractivity contribution is 7.70. The number of amides is 4. The van der Waals surface area contributed by atoms with Crippen LogP contribution in [0.25, 0.3) is 22.3 Å². The number of carbonyl (C=O) groups is 4. The van der Waals surface area contributed by atoms with Crippen LogP contribution in [0, 0.1) is 5.92 Å². The summed E-state index contributed by atoms with van der Waals surface area (Å²) in [6, 6.07) is 24.3. The summed E-state index contributed by atoms with van der Waals surface area (Å²) in [4.78, 5) is 68.6. The Kier molecular flexibility index (Phi) is 13.6. The molecule has 372 valence electrons. The number of piperidine rings is 2. The molecule has 72 heavy (non-hydrogen) atoms. The first-order valence-corrected chi connectivity index (χ1v) is 27.4. The molecule has 1 atom stereocenters. The van der Waals surface area contributed by atoms with Crippen molar-refractivity contribution in [3.8, 4) is 28.0 Å². The lowest BCUT2D eigenvalue weighted by Gasteiger charge is -2.40. The van der Waals surface area contributed by atoms with E-state index in [0.717, 1.165) is 104 Å². The van der Waals surface area contributed by atoms with Crippen molar-refractivity contribution in [1.29, 1.82) is 0 Å². The van der Waals surface area contributed by atoms with Crippen molar-refractivity contribution < 1.29 is 28.5 Å². The van der Waals surface area contributed by atoms with Crippen LogP contribution in [0.3, 0.4) is 0 Å². The second kappa shape index (κ2) is 20.2. The van der Waals surface area contributed by atoms with Crippen LogP contribution in [-0.2, 0) is 20.7 Å². The van der Waals surface area contributed by atoms with Crippen molar-refractivity contribution in [3.63, 3.8) is 0 Å². The van der Waals surface area contributed by atoms with Gasteiger partial charge in [-0.05, 0) is 93.0 Å². The van der Waals surface area contributed by atoms with Crippen LogP contribution in [0.1, 0.15) is 53.3 Å². The molecule has 2 aromatic heterocycles. The van der Waals surface area contributed by atoms with E-state index in [9.17, 15) is 23.7 Å². The highest BCUT2D eigenvalue weighted by Crippen LogP contribution is 2.43. The van der Waals surface area contributed by atoms with E-state index in [2.05, 4.69) is 66.0 Å². The zero-order valence-electron chi connectivity index (χ0n) is 40.7. The zero-order valence-corrected chi connectivity index (χ0v) is 42.4. The molecule has 3 N–H and O–H groups in total. The standard InChI is InChI=1S/C53H57ClN11O6P/c1-5-64-32-36(29-56-64)39-27-43(58-53-55-30-41(54)49(60-53)57-42-14-11-35(25-47(42)72(3,4)70)34-9-7-6-8-10-34)46(71-2)28-45(39)63-19-17-33(18-20-63)31-61-21-23-62(24-22-61)37-12-13-38-40(26-37)52(69)65(51(38)68)44-15-16-48(66)59-50(44)67/h6-14,25-30,32-33,44H,5,15-24,31H2,1-4H3,(H,59,66,67)(H2,55,57,58,60). The lowest BCUT2D eigenvalue weighted by atomic mass is 9.94. The molecule has 1 unspecified atom stereocenters. The fourth-order valence-electron chi connectivity index (χ4n) is 10.2. The number of nitrogens with one attached hydrogen (secondary N) is 3. The van der Waals surface area contributed by atoms with Gasteiger partial charge in [-0.15, -0.1) is 0 Å². The first-order valence-electron chi connectivity index (χ1n) is 24.4. The monoisotopic (exact) mass is 1010 g/mol. The first-order chi connectivity index (χ1) is 34.7. The number of hydrogen-bond donors (Lipinski definition) is 3. The number of aromatic nitrogens is 4. The molecule has 3 fully saturated rings. The van der Waals surface area contributed by atoms with Gasteiger partial charge in [-0.3, -0.25) is 39.0 Å². The Bertz CT molecular complexity index is 3130. The van der Waals surface area contributed by atoms with Gasteiger partial charge in [-0.25, -0.2) is 4.98 Å². The van der Waals surface area contributed by atoms with Crippen LogP contribution in [0.2, 0.25) is 5.02 Å². The van der Waals surface area contributed by atoms with Gasteiger partial charge in [0, 0.05) is 98.8 Å². The molecule has 0 spiro atoms. The molecule has 4 amide bonds. The molecule has 17 nitrogen and oxygen atoms in total. The van der Waals surface area contributed by atoms with E-state index in [1.807, 2.05) is 65.5 Å². The Morgan fingerprint density at radius 1 is 0.778 bits per heavy atom. The summed E-state index contributed by atoms with van der Waals surface area (Å²) < 4.78 is 21.6. The minimum absolute atomic E-state index is 0.0805. The third-order valence-corrected chi connectivity index (χ3v) is 16.0. The topological polar surface area (TPSA) is 187 Å². The fourth-order valence-corrected chi connectivity index (χ4v) is 11.5. The largest absolute Gasteiger partial charge is 0.494 e. The molecular formula is C53H57ClN11O6P. The number of nitrogens with zero attached hydrogens (tertiary/aromatic N) is 8. The van der Waals surface area contributed by atoms with Crippen molar-refractivity contribution in [2.75, 3.05) is 86.7 Å². The number of carbonyl (C=O) groups excluding carboxylic acids is 4. The van der Waals surface area contributed by atoms with E-state index in [0.29, 0.717) is 50.7 Å². The van der Waals surface area contributed by atoms with Gasteiger partial charge in [-0.1, -0.05) is 48.0 Å². The number of benzene rings is 4. The average molecular weight is 1010 g/mol. The molecule has 4 aliphatic heterocycles. The third kappa shape index (κ3) is 9.93. The molecule has 6 heterocycles. The van der Waals surface area contributed by atoms with Crippen LogP contribution in [0.15, 0.2) is 97.5 Å². The van der Waals surface area contributed by atoms with Crippen LogP contribution < -0.4 is 35.8 Å². The SMILES string of the molecule is CCn1cc(-c2cc(Nc3ncc(Cl)c(Nc4ccc(-c5ccccc5)cc4P(C)(C)=O)n3)c(OC)cc2N2CCC(CN3CCN(c4ccc5c(c4)C(=O)N(C4CCC(=O)NC4=O)C5=O)CC3)CC2)cn1. The second-order valence-electron chi connectivity index (χ2n) is 19.1. The van der Waals surface area contributed by atoms with Gasteiger partial charge in [0.2, 0.25) is 17.8 Å². The molecule has 0 bridgehead atoms. The summed E-state index contributed by atoms with van der Waals surface area (Å²) in [5.41, 5.74) is 7.76. The molecule has 6 aromatic rings. The van der Waals surface area contributed by atoms with Crippen molar-refractivity contribution in [3.05, 3.63) is 114 Å².